The molecule has 2 aliphatic heterocycles. The molecule has 1 N–H and O–H groups in total. The highest BCUT2D eigenvalue weighted by Crippen LogP contribution is 2.45. The van der Waals surface area contributed by atoms with Gasteiger partial charge in [0.2, 0.25) is 0 Å². The van der Waals surface area contributed by atoms with Gasteiger partial charge in [-0.05, 0) is 43.7 Å². The summed E-state index contributed by atoms with van der Waals surface area (Å²) in [7, 11) is 0. The number of hydrogen-bond acceptors (Lipinski definition) is 4. The van der Waals surface area contributed by atoms with Gasteiger partial charge >= 0.3 is 5.97 Å². The minimum atomic E-state index is -0.755. The van der Waals surface area contributed by atoms with Crippen molar-refractivity contribution in [3.63, 3.8) is 0 Å². The van der Waals surface area contributed by atoms with Gasteiger partial charge < -0.3 is 19.5 Å². The maximum atomic E-state index is 10.9. The molecule has 1 unspecified atom stereocenters. The second kappa shape index (κ2) is 8.42. The lowest BCUT2D eigenvalue weighted by atomic mass is 9.75. The predicted molar refractivity (Wildman–Crippen MR) is 112 cm³/mol. The van der Waals surface area contributed by atoms with Crippen molar-refractivity contribution < 1.29 is 19.4 Å². The zero-order valence-corrected chi connectivity index (χ0v) is 17.5. The smallest absolute Gasteiger partial charge is 0.304 e. The molecule has 5 nitrogen and oxygen atoms in total. The standard InChI is InChI=1S/C22H23Cl2NO4/c23-16-2-5-19(24)15(10-16)12-28-17-3-4-18-20(11-17)29-14-22(18)7-1-8-25(13-22)9-6-21(26)27/h2-5,10-11H,1,6-9,12-14H2,(H,26,27). The van der Waals surface area contributed by atoms with Crippen LogP contribution in [0.5, 0.6) is 11.5 Å². The molecule has 7 heteroatoms. The first kappa shape index (κ1) is 20.3. The number of piperidine rings is 1. The molecule has 0 saturated carbocycles. The molecule has 2 heterocycles. The van der Waals surface area contributed by atoms with Crippen LogP contribution >= 0.6 is 23.2 Å². The first-order valence-electron chi connectivity index (χ1n) is 9.73. The van der Waals surface area contributed by atoms with E-state index < -0.39 is 5.97 Å². The van der Waals surface area contributed by atoms with E-state index in [2.05, 4.69) is 11.0 Å². The van der Waals surface area contributed by atoms with Crippen LogP contribution in [0.1, 0.15) is 30.4 Å². The van der Waals surface area contributed by atoms with E-state index in [1.165, 1.54) is 5.56 Å². The molecule has 29 heavy (non-hydrogen) atoms. The van der Waals surface area contributed by atoms with Crippen molar-refractivity contribution in [2.75, 3.05) is 26.2 Å². The monoisotopic (exact) mass is 435 g/mol. The van der Waals surface area contributed by atoms with Crippen LogP contribution in [0.3, 0.4) is 0 Å². The van der Waals surface area contributed by atoms with Crippen LogP contribution in [0.25, 0.3) is 0 Å². The van der Waals surface area contributed by atoms with E-state index in [-0.39, 0.29) is 11.8 Å². The third-order valence-electron chi connectivity index (χ3n) is 5.73. The molecule has 1 atom stereocenters. The van der Waals surface area contributed by atoms with E-state index in [0.717, 1.165) is 43.0 Å². The molecule has 1 fully saturated rings. The first-order valence-corrected chi connectivity index (χ1v) is 10.5. The van der Waals surface area contributed by atoms with Crippen molar-refractivity contribution in [3.05, 3.63) is 57.6 Å². The Kier molecular flexibility index (Phi) is 5.91. The second-order valence-corrected chi connectivity index (χ2v) is 8.62. The van der Waals surface area contributed by atoms with Crippen molar-refractivity contribution in [2.45, 2.75) is 31.3 Å². The number of hydrogen-bond donors (Lipinski definition) is 1. The van der Waals surface area contributed by atoms with Crippen LogP contribution in [-0.4, -0.2) is 42.2 Å². The molecule has 0 aromatic heterocycles. The molecule has 154 valence electrons. The highest BCUT2D eigenvalue weighted by molar-refractivity contribution is 6.33. The molecular weight excluding hydrogens is 413 g/mol. The van der Waals surface area contributed by atoms with Crippen LogP contribution in [0.2, 0.25) is 10.0 Å². The van der Waals surface area contributed by atoms with Crippen LogP contribution in [-0.2, 0) is 16.8 Å². The third kappa shape index (κ3) is 4.47. The van der Waals surface area contributed by atoms with Crippen molar-refractivity contribution in [1.82, 2.24) is 4.90 Å². The van der Waals surface area contributed by atoms with Gasteiger partial charge in [0.05, 0.1) is 13.0 Å². The van der Waals surface area contributed by atoms with Gasteiger partial charge in [0.25, 0.3) is 0 Å². The van der Waals surface area contributed by atoms with Gasteiger partial charge in [-0.3, -0.25) is 4.79 Å². The lowest BCUT2D eigenvalue weighted by molar-refractivity contribution is -0.137. The summed E-state index contributed by atoms with van der Waals surface area (Å²) >= 11 is 12.2. The first-order chi connectivity index (χ1) is 13.9. The van der Waals surface area contributed by atoms with E-state index in [0.29, 0.717) is 29.8 Å². The van der Waals surface area contributed by atoms with Crippen molar-refractivity contribution in [2.24, 2.45) is 0 Å². The number of halogens is 2. The number of benzene rings is 2. The third-order valence-corrected chi connectivity index (χ3v) is 6.33. The van der Waals surface area contributed by atoms with Crippen molar-refractivity contribution in [1.29, 1.82) is 0 Å². The average Bonchev–Trinajstić information content (AvgIpc) is 3.04. The van der Waals surface area contributed by atoms with E-state index in [9.17, 15) is 4.79 Å². The topological polar surface area (TPSA) is 59.0 Å². The molecule has 1 spiro atoms. The summed E-state index contributed by atoms with van der Waals surface area (Å²) in [6.07, 6.45) is 2.25. The second-order valence-electron chi connectivity index (χ2n) is 7.77. The van der Waals surface area contributed by atoms with Gasteiger partial charge in [-0.1, -0.05) is 29.3 Å². The molecule has 2 aliphatic rings. The van der Waals surface area contributed by atoms with E-state index in [1.807, 2.05) is 12.1 Å². The predicted octanol–water partition coefficient (Wildman–Crippen LogP) is 4.77. The largest absolute Gasteiger partial charge is 0.492 e. The fourth-order valence-electron chi connectivity index (χ4n) is 4.27. The number of nitrogens with zero attached hydrogens (tertiary/aromatic N) is 1. The Morgan fingerprint density at radius 3 is 2.93 bits per heavy atom. The number of carboxylic acid groups (broad SMARTS) is 1. The lowest BCUT2D eigenvalue weighted by Gasteiger charge is -2.39. The summed E-state index contributed by atoms with van der Waals surface area (Å²) in [6, 6.07) is 11.3. The Morgan fingerprint density at radius 2 is 2.10 bits per heavy atom. The van der Waals surface area contributed by atoms with Gasteiger partial charge in [-0.2, -0.15) is 0 Å². The normalized spacial score (nSPS) is 21.0. The Hall–Kier alpha value is -1.95. The molecule has 0 aliphatic carbocycles. The van der Waals surface area contributed by atoms with Gasteiger partial charge in [-0.15, -0.1) is 0 Å². The quantitative estimate of drug-likeness (QED) is 0.707. The summed E-state index contributed by atoms with van der Waals surface area (Å²) < 4.78 is 11.9. The molecule has 4 rings (SSSR count). The molecule has 0 bridgehead atoms. The molecule has 0 amide bonds. The summed E-state index contributed by atoms with van der Waals surface area (Å²) in [6.45, 7) is 3.29. The zero-order valence-electron chi connectivity index (χ0n) is 16.0. The summed E-state index contributed by atoms with van der Waals surface area (Å²) in [5.74, 6) is 0.810. The van der Waals surface area contributed by atoms with Crippen LogP contribution in [0.15, 0.2) is 36.4 Å². The highest BCUT2D eigenvalue weighted by Gasteiger charge is 2.43. The average molecular weight is 436 g/mol. The number of likely N-dealkylation sites (tertiary alicyclic amines) is 1. The molecular formula is C22H23Cl2NO4. The number of aliphatic carboxylic acids is 1. The minimum absolute atomic E-state index is 0.0686. The van der Waals surface area contributed by atoms with E-state index in [1.54, 1.807) is 18.2 Å². The van der Waals surface area contributed by atoms with E-state index >= 15 is 0 Å². The molecule has 2 aromatic rings. The maximum absolute atomic E-state index is 10.9. The Bertz CT molecular complexity index is 920. The Labute approximate surface area is 180 Å². The SMILES string of the molecule is O=C(O)CCN1CCCC2(COc3cc(OCc4cc(Cl)ccc4Cl)ccc32)C1. The molecule has 2 aromatic carbocycles. The summed E-state index contributed by atoms with van der Waals surface area (Å²) in [5.41, 5.74) is 1.95. The Morgan fingerprint density at radius 1 is 1.24 bits per heavy atom. The lowest BCUT2D eigenvalue weighted by Crippen LogP contribution is -2.47. The number of carbonyl (C=O) groups is 1. The number of carboxylic acids is 1. The van der Waals surface area contributed by atoms with E-state index in [4.69, 9.17) is 37.8 Å². The maximum Gasteiger partial charge on any atom is 0.304 e. The van der Waals surface area contributed by atoms with Gasteiger partial charge in [0.1, 0.15) is 18.1 Å². The van der Waals surface area contributed by atoms with Crippen LogP contribution < -0.4 is 9.47 Å². The van der Waals surface area contributed by atoms with Gasteiger partial charge in [-0.25, -0.2) is 0 Å². The minimum Gasteiger partial charge on any atom is -0.492 e. The van der Waals surface area contributed by atoms with Gasteiger partial charge in [0, 0.05) is 45.7 Å². The summed E-state index contributed by atoms with van der Waals surface area (Å²) in [5, 5.41) is 10.2. The fourth-order valence-corrected chi connectivity index (χ4v) is 4.63. The van der Waals surface area contributed by atoms with Crippen molar-refractivity contribution in [3.8, 4) is 11.5 Å². The Balaban J connectivity index is 1.46. The van der Waals surface area contributed by atoms with Crippen molar-refractivity contribution >= 4 is 29.2 Å². The highest BCUT2D eigenvalue weighted by atomic mass is 35.5. The summed E-state index contributed by atoms with van der Waals surface area (Å²) in [4.78, 5) is 13.2. The number of ether oxygens (including phenoxy) is 2. The number of fused-ring (bicyclic) bond motifs is 2. The number of rotatable bonds is 6. The van der Waals surface area contributed by atoms with Gasteiger partial charge in [0.15, 0.2) is 0 Å². The molecule has 1 saturated heterocycles. The zero-order chi connectivity index (χ0) is 20.4. The van der Waals surface area contributed by atoms with Crippen LogP contribution in [0, 0.1) is 0 Å². The fraction of sp³-hybridized carbons (Fsp3) is 0.409. The molecule has 0 radical (unpaired) electrons. The van der Waals surface area contributed by atoms with Crippen LogP contribution in [0.4, 0.5) is 0 Å².